The number of carboxylic acid groups (broad SMARTS) is 1. The second-order valence-corrected chi connectivity index (χ2v) is 8.19. The van der Waals surface area contributed by atoms with Crippen molar-refractivity contribution in [2.24, 2.45) is 0 Å². The number of halogens is 1. The van der Waals surface area contributed by atoms with E-state index in [9.17, 15) is 26.0 Å². The quantitative estimate of drug-likeness (QED) is 0.711. The van der Waals surface area contributed by atoms with E-state index in [1.54, 1.807) is 0 Å². The minimum absolute atomic E-state index is 0.141. The van der Waals surface area contributed by atoms with Gasteiger partial charge in [0, 0.05) is 12.7 Å². The third-order valence-corrected chi connectivity index (χ3v) is 4.90. The number of nitrogens with one attached hydrogen (secondary N) is 1. The standard InChI is InChI=1S/C11H14FNO6S2/c1-20(16,17)8-4-5-9(12)10(7-8)13-21(18,19)6-2-3-11(14)15/h4-5,7,13H,2-3,6H2,1H3,(H,14,15). The second kappa shape index (κ2) is 6.39. The zero-order valence-corrected chi connectivity index (χ0v) is 12.7. The van der Waals surface area contributed by atoms with E-state index in [1.807, 2.05) is 4.72 Å². The van der Waals surface area contributed by atoms with Gasteiger partial charge in [0.15, 0.2) is 9.84 Å². The summed E-state index contributed by atoms with van der Waals surface area (Å²) in [4.78, 5) is 10.1. The van der Waals surface area contributed by atoms with Crippen LogP contribution in [0.4, 0.5) is 10.1 Å². The van der Waals surface area contributed by atoms with Gasteiger partial charge in [-0.05, 0) is 24.6 Å². The first-order valence-corrected chi connectivity index (χ1v) is 9.27. The average Bonchev–Trinajstić information content (AvgIpc) is 2.29. The molecule has 0 fully saturated rings. The minimum Gasteiger partial charge on any atom is -0.481 e. The van der Waals surface area contributed by atoms with Gasteiger partial charge in [-0.25, -0.2) is 21.2 Å². The smallest absolute Gasteiger partial charge is 0.303 e. The van der Waals surface area contributed by atoms with Crippen LogP contribution in [-0.4, -0.2) is 39.9 Å². The molecule has 0 aliphatic carbocycles. The molecular formula is C11H14FNO6S2. The molecule has 0 bridgehead atoms. The van der Waals surface area contributed by atoms with Crippen LogP contribution in [0.1, 0.15) is 12.8 Å². The highest BCUT2D eigenvalue weighted by molar-refractivity contribution is 7.92. The van der Waals surface area contributed by atoms with Crippen LogP contribution in [0.5, 0.6) is 0 Å². The lowest BCUT2D eigenvalue weighted by molar-refractivity contribution is -0.137. The molecule has 1 aromatic carbocycles. The highest BCUT2D eigenvalue weighted by Gasteiger charge is 2.16. The summed E-state index contributed by atoms with van der Waals surface area (Å²) >= 11 is 0. The largest absolute Gasteiger partial charge is 0.481 e. The van der Waals surface area contributed by atoms with Gasteiger partial charge < -0.3 is 5.11 Å². The van der Waals surface area contributed by atoms with Gasteiger partial charge in [-0.2, -0.15) is 0 Å². The SMILES string of the molecule is CS(=O)(=O)c1ccc(F)c(NS(=O)(=O)CCCC(=O)O)c1. The van der Waals surface area contributed by atoms with Gasteiger partial charge in [0.25, 0.3) is 0 Å². The van der Waals surface area contributed by atoms with Gasteiger partial charge in [-0.15, -0.1) is 0 Å². The number of carbonyl (C=O) groups is 1. The molecule has 0 radical (unpaired) electrons. The first-order chi connectivity index (χ1) is 9.51. The molecule has 0 unspecified atom stereocenters. The van der Waals surface area contributed by atoms with Crippen LogP contribution in [0, 0.1) is 5.82 Å². The maximum atomic E-state index is 13.5. The molecule has 21 heavy (non-hydrogen) atoms. The van der Waals surface area contributed by atoms with Crippen molar-refractivity contribution >= 4 is 31.5 Å². The van der Waals surface area contributed by atoms with Gasteiger partial charge in [0.05, 0.1) is 16.3 Å². The van der Waals surface area contributed by atoms with Crippen molar-refractivity contribution in [1.29, 1.82) is 0 Å². The number of sulfone groups is 1. The molecule has 0 spiro atoms. The average molecular weight is 339 g/mol. The molecule has 0 aromatic heterocycles. The van der Waals surface area contributed by atoms with E-state index in [2.05, 4.69) is 0 Å². The summed E-state index contributed by atoms with van der Waals surface area (Å²) < 4.78 is 61.5. The molecular weight excluding hydrogens is 325 g/mol. The monoisotopic (exact) mass is 339 g/mol. The fourth-order valence-corrected chi connectivity index (χ4v) is 3.21. The van der Waals surface area contributed by atoms with Crippen LogP contribution < -0.4 is 4.72 Å². The molecule has 10 heteroatoms. The lowest BCUT2D eigenvalue weighted by atomic mass is 10.3. The second-order valence-electron chi connectivity index (χ2n) is 4.33. The Balaban J connectivity index is 2.94. The Hall–Kier alpha value is -1.68. The Bertz CT molecular complexity index is 742. The number of sulfonamides is 1. The number of anilines is 1. The lowest BCUT2D eigenvalue weighted by Gasteiger charge is -2.09. The maximum absolute atomic E-state index is 13.5. The molecule has 2 N–H and O–H groups in total. The number of rotatable bonds is 7. The number of benzene rings is 1. The predicted molar refractivity (Wildman–Crippen MR) is 73.8 cm³/mol. The molecule has 0 aliphatic rings. The van der Waals surface area contributed by atoms with E-state index in [0.29, 0.717) is 0 Å². The normalized spacial score (nSPS) is 12.1. The molecule has 1 rings (SSSR count). The van der Waals surface area contributed by atoms with Gasteiger partial charge >= 0.3 is 5.97 Å². The van der Waals surface area contributed by atoms with E-state index in [-0.39, 0.29) is 17.7 Å². The van der Waals surface area contributed by atoms with Crippen LogP contribution in [0.25, 0.3) is 0 Å². The summed E-state index contributed by atoms with van der Waals surface area (Å²) in [6.07, 6.45) is 0.427. The van der Waals surface area contributed by atoms with Crippen molar-refractivity contribution in [3.05, 3.63) is 24.0 Å². The number of aliphatic carboxylic acids is 1. The maximum Gasteiger partial charge on any atom is 0.303 e. The fraction of sp³-hybridized carbons (Fsp3) is 0.364. The van der Waals surface area contributed by atoms with Gasteiger partial charge in [0.2, 0.25) is 10.0 Å². The van der Waals surface area contributed by atoms with Crippen molar-refractivity contribution in [1.82, 2.24) is 0 Å². The highest BCUT2D eigenvalue weighted by Crippen LogP contribution is 2.21. The first-order valence-electron chi connectivity index (χ1n) is 5.73. The number of carboxylic acids is 1. The molecule has 0 heterocycles. The van der Waals surface area contributed by atoms with E-state index in [0.717, 1.165) is 24.5 Å². The lowest BCUT2D eigenvalue weighted by Crippen LogP contribution is -2.18. The van der Waals surface area contributed by atoms with Crippen molar-refractivity contribution in [3.63, 3.8) is 0 Å². The van der Waals surface area contributed by atoms with Crippen molar-refractivity contribution in [2.45, 2.75) is 17.7 Å². The van der Waals surface area contributed by atoms with Crippen molar-refractivity contribution in [3.8, 4) is 0 Å². The summed E-state index contributed by atoms with van der Waals surface area (Å²) in [7, 11) is -7.57. The van der Waals surface area contributed by atoms with Crippen LogP contribution >= 0.6 is 0 Å². The van der Waals surface area contributed by atoms with E-state index in [4.69, 9.17) is 5.11 Å². The van der Waals surface area contributed by atoms with Crippen LogP contribution in [-0.2, 0) is 24.7 Å². The van der Waals surface area contributed by atoms with E-state index < -0.39 is 43.1 Å². The molecule has 0 saturated carbocycles. The molecule has 0 atom stereocenters. The van der Waals surface area contributed by atoms with Crippen LogP contribution in [0.3, 0.4) is 0 Å². The summed E-state index contributed by atoms with van der Waals surface area (Å²) in [5.41, 5.74) is -0.492. The Kier molecular flexibility index (Phi) is 5.29. The Morgan fingerprint density at radius 1 is 1.29 bits per heavy atom. The predicted octanol–water partition coefficient (Wildman–Crippen LogP) is 0.836. The fourth-order valence-electron chi connectivity index (χ4n) is 1.45. The molecule has 0 amide bonds. The molecule has 0 aliphatic heterocycles. The molecule has 118 valence electrons. The molecule has 7 nitrogen and oxygen atoms in total. The Morgan fingerprint density at radius 3 is 2.43 bits per heavy atom. The van der Waals surface area contributed by atoms with Crippen molar-refractivity contribution in [2.75, 3.05) is 16.7 Å². The van der Waals surface area contributed by atoms with E-state index >= 15 is 0 Å². The van der Waals surface area contributed by atoms with Gasteiger partial charge in [-0.1, -0.05) is 0 Å². The first kappa shape index (κ1) is 17.4. The zero-order valence-electron chi connectivity index (χ0n) is 11.0. The Labute approximate surface area is 121 Å². The highest BCUT2D eigenvalue weighted by atomic mass is 32.2. The van der Waals surface area contributed by atoms with Crippen molar-refractivity contribution < 1.29 is 31.1 Å². The van der Waals surface area contributed by atoms with E-state index in [1.165, 1.54) is 0 Å². The third kappa shape index (κ3) is 5.68. The Morgan fingerprint density at radius 2 is 1.90 bits per heavy atom. The summed E-state index contributed by atoms with van der Waals surface area (Å²) in [6.45, 7) is 0. The number of hydrogen-bond donors (Lipinski definition) is 2. The third-order valence-electron chi connectivity index (χ3n) is 2.44. The summed E-state index contributed by atoms with van der Waals surface area (Å²) in [5.74, 6) is -2.58. The van der Waals surface area contributed by atoms with Gasteiger partial charge in [-0.3, -0.25) is 9.52 Å². The summed E-state index contributed by atoms with van der Waals surface area (Å²) in [5, 5.41) is 8.43. The molecule has 0 saturated heterocycles. The molecule has 1 aromatic rings. The van der Waals surface area contributed by atoms with Gasteiger partial charge in [0.1, 0.15) is 5.82 Å². The summed E-state index contributed by atoms with van der Waals surface area (Å²) in [6, 6.07) is 2.73. The number of hydrogen-bond acceptors (Lipinski definition) is 5. The van der Waals surface area contributed by atoms with Crippen LogP contribution in [0.2, 0.25) is 0 Å². The zero-order chi connectivity index (χ0) is 16.3. The minimum atomic E-state index is -3.96. The topological polar surface area (TPSA) is 118 Å². The van der Waals surface area contributed by atoms with Crippen LogP contribution in [0.15, 0.2) is 23.1 Å².